The van der Waals surface area contributed by atoms with Gasteiger partial charge in [0, 0.05) is 17.9 Å². The van der Waals surface area contributed by atoms with E-state index in [0.717, 1.165) is 37.2 Å². The van der Waals surface area contributed by atoms with Gasteiger partial charge in [0.05, 0.1) is 6.04 Å². The summed E-state index contributed by atoms with van der Waals surface area (Å²) in [6.45, 7) is 22.0. The van der Waals surface area contributed by atoms with Gasteiger partial charge in [-0.3, -0.25) is 0 Å². The standard InChI is InChI=1S/C22H38N2/c1-8-10-12-13-19(5)14-15-20(6)24-22(17-18(3)4)21(7)23-16-11-9-2/h8,10,12-13,18,22-24H,1,6-7,9,11,14-17H2,2-5H3/b12-10-,19-13+. The molecule has 24 heavy (non-hydrogen) atoms. The lowest BCUT2D eigenvalue weighted by Gasteiger charge is -2.26. The Bertz CT molecular complexity index is 441. The van der Waals surface area contributed by atoms with E-state index in [0.29, 0.717) is 5.92 Å². The molecule has 0 aliphatic carbocycles. The van der Waals surface area contributed by atoms with Crippen molar-refractivity contribution in [2.24, 2.45) is 5.92 Å². The first kappa shape index (κ1) is 22.3. The summed E-state index contributed by atoms with van der Waals surface area (Å²) in [5, 5.41) is 7.05. The highest BCUT2D eigenvalue weighted by Gasteiger charge is 2.14. The quantitative estimate of drug-likeness (QED) is 0.307. The van der Waals surface area contributed by atoms with E-state index >= 15 is 0 Å². The van der Waals surface area contributed by atoms with Crippen molar-refractivity contribution in [3.63, 3.8) is 0 Å². The van der Waals surface area contributed by atoms with E-state index in [1.165, 1.54) is 18.4 Å². The van der Waals surface area contributed by atoms with Gasteiger partial charge in [-0.05, 0) is 38.5 Å². The molecule has 0 spiro atoms. The number of allylic oxidation sites excluding steroid dienone is 6. The van der Waals surface area contributed by atoms with Crippen LogP contribution in [0.25, 0.3) is 0 Å². The SMILES string of the molecule is C=C/C=C\C=C(/C)CCC(=C)NC(CC(C)C)C(=C)NCCCC. The molecule has 0 bridgehead atoms. The predicted molar refractivity (Wildman–Crippen MR) is 110 cm³/mol. The highest BCUT2D eigenvalue weighted by Crippen LogP contribution is 2.14. The zero-order valence-electron chi connectivity index (χ0n) is 16.3. The van der Waals surface area contributed by atoms with Crippen molar-refractivity contribution in [1.82, 2.24) is 10.6 Å². The van der Waals surface area contributed by atoms with E-state index in [4.69, 9.17) is 0 Å². The lowest BCUT2D eigenvalue weighted by molar-refractivity contribution is 0.461. The lowest BCUT2D eigenvalue weighted by Crippen LogP contribution is -2.37. The molecule has 0 rings (SSSR count). The van der Waals surface area contributed by atoms with Crippen LogP contribution in [0.2, 0.25) is 0 Å². The van der Waals surface area contributed by atoms with E-state index in [1.807, 2.05) is 12.2 Å². The third kappa shape index (κ3) is 11.8. The van der Waals surface area contributed by atoms with Gasteiger partial charge in [-0.15, -0.1) is 0 Å². The Kier molecular flexibility index (Phi) is 12.7. The van der Waals surface area contributed by atoms with Crippen LogP contribution in [0.1, 0.15) is 59.8 Å². The summed E-state index contributed by atoms with van der Waals surface area (Å²) < 4.78 is 0. The van der Waals surface area contributed by atoms with Crippen molar-refractivity contribution >= 4 is 0 Å². The summed E-state index contributed by atoms with van der Waals surface area (Å²) in [7, 11) is 0. The second kappa shape index (κ2) is 13.7. The zero-order chi connectivity index (χ0) is 18.4. The van der Waals surface area contributed by atoms with E-state index in [2.05, 4.69) is 64.1 Å². The predicted octanol–water partition coefficient (Wildman–Crippen LogP) is 5.88. The van der Waals surface area contributed by atoms with Crippen molar-refractivity contribution in [2.75, 3.05) is 6.54 Å². The van der Waals surface area contributed by atoms with Gasteiger partial charge in [0.2, 0.25) is 0 Å². The van der Waals surface area contributed by atoms with Crippen LogP contribution >= 0.6 is 0 Å². The minimum Gasteiger partial charge on any atom is -0.387 e. The van der Waals surface area contributed by atoms with Crippen LogP contribution in [0.3, 0.4) is 0 Å². The molecule has 2 heteroatoms. The van der Waals surface area contributed by atoms with Crippen LogP contribution in [-0.4, -0.2) is 12.6 Å². The third-order valence-electron chi connectivity index (χ3n) is 3.84. The normalized spacial score (nSPS) is 13.1. The molecule has 2 N–H and O–H groups in total. The molecule has 0 aromatic heterocycles. The molecule has 0 radical (unpaired) electrons. The smallest absolute Gasteiger partial charge is 0.0653 e. The summed E-state index contributed by atoms with van der Waals surface area (Å²) in [6.07, 6.45) is 13.3. The Hall–Kier alpha value is -1.70. The monoisotopic (exact) mass is 330 g/mol. The van der Waals surface area contributed by atoms with Crippen LogP contribution < -0.4 is 10.6 Å². The molecule has 0 aromatic carbocycles. The molecule has 0 aromatic rings. The largest absolute Gasteiger partial charge is 0.387 e. The maximum atomic E-state index is 4.23. The summed E-state index contributed by atoms with van der Waals surface area (Å²) in [4.78, 5) is 0. The number of hydrogen-bond donors (Lipinski definition) is 2. The average molecular weight is 331 g/mol. The minimum atomic E-state index is 0.249. The topological polar surface area (TPSA) is 24.1 Å². The highest BCUT2D eigenvalue weighted by atomic mass is 15.0. The molecule has 0 saturated heterocycles. The number of rotatable bonds is 14. The molecule has 0 aliphatic heterocycles. The molecule has 1 unspecified atom stereocenters. The van der Waals surface area contributed by atoms with Crippen molar-refractivity contribution < 1.29 is 0 Å². The molecule has 0 fully saturated rings. The molecule has 0 aliphatic rings. The van der Waals surface area contributed by atoms with Gasteiger partial charge in [-0.25, -0.2) is 0 Å². The van der Waals surface area contributed by atoms with Crippen molar-refractivity contribution in [1.29, 1.82) is 0 Å². The first-order valence-electron chi connectivity index (χ1n) is 9.22. The highest BCUT2D eigenvalue weighted by molar-refractivity contribution is 5.16. The van der Waals surface area contributed by atoms with E-state index in [-0.39, 0.29) is 6.04 Å². The van der Waals surface area contributed by atoms with Gasteiger partial charge in [0.25, 0.3) is 0 Å². The van der Waals surface area contributed by atoms with Gasteiger partial charge >= 0.3 is 0 Å². The molecule has 1 atom stereocenters. The lowest BCUT2D eigenvalue weighted by atomic mass is 10.0. The van der Waals surface area contributed by atoms with Crippen LogP contribution in [0, 0.1) is 5.92 Å². The van der Waals surface area contributed by atoms with Crippen LogP contribution in [0.4, 0.5) is 0 Å². The molecular formula is C22H38N2. The summed E-state index contributed by atoms with van der Waals surface area (Å²) in [6, 6.07) is 0.249. The van der Waals surface area contributed by atoms with Gasteiger partial charge in [-0.1, -0.05) is 76.8 Å². The summed E-state index contributed by atoms with van der Waals surface area (Å²) in [5.74, 6) is 0.616. The first-order valence-corrected chi connectivity index (χ1v) is 9.22. The van der Waals surface area contributed by atoms with Crippen LogP contribution in [0.15, 0.2) is 61.0 Å². The van der Waals surface area contributed by atoms with Gasteiger partial charge in [-0.2, -0.15) is 0 Å². The maximum Gasteiger partial charge on any atom is 0.0653 e. The Morgan fingerprint density at radius 3 is 2.42 bits per heavy atom. The van der Waals surface area contributed by atoms with Crippen molar-refractivity contribution in [3.05, 3.63) is 61.0 Å². The van der Waals surface area contributed by atoms with Crippen molar-refractivity contribution in [3.8, 4) is 0 Å². The molecule has 136 valence electrons. The fraction of sp³-hybridized carbons (Fsp3) is 0.545. The summed E-state index contributed by atoms with van der Waals surface area (Å²) >= 11 is 0. The number of unbranched alkanes of at least 4 members (excludes halogenated alkanes) is 1. The molecular weight excluding hydrogens is 292 g/mol. The Labute approximate surface area is 150 Å². The third-order valence-corrected chi connectivity index (χ3v) is 3.84. The van der Waals surface area contributed by atoms with Crippen molar-refractivity contribution in [2.45, 2.75) is 65.8 Å². The maximum absolute atomic E-state index is 4.23. The molecule has 0 heterocycles. The van der Waals surface area contributed by atoms with Crippen LogP contribution in [-0.2, 0) is 0 Å². The van der Waals surface area contributed by atoms with E-state index in [1.54, 1.807) is 6.08 Å². The molecule has 0 saturated carbocycles. The molecule has 2 nitrogen and oxygen atoms in total. The average Bonchev–Trinajstić information content (AvgIpc) is 2.52. The molecule has 0 amide bonds. The summed E-state index contributed by atoms with van der Waals surface area (Å²) in [5.41, 5.74) is 3.51. The van der Waals surface area contributed by atoms with Gasteiger partial charge in [0.1, 0.15) is 0 Å². The second-order valence-electron chi connectivity index (χ2n) is 6.87. The number of nitrogens with one attached hydrogen (secondary N) is 2. The second-order valence-corrected chi connectivity index (χ2v) is 6.87. The van der Waals surface area contributed by atoms with E-state index in [9.17, 15) is 0 Å². The fourth-order valence-electron chi connectivity index (χ4n) is 2.36. The minimum absolute atomic E-state index is 0.249. The fourth-order valence-corrected chi connectivity index (χ4v) is 2.36. The van der Waals surface area contributed by atoms with Gasteiger partial charge in [0.15, 0.2) is 0 Å². The number of hydrogen-bond acceptors (Lipinski definition) is 2. The van der Waals surface area contributed by atoms with Crippen LogP contribution in [0.5, 0.6) is 0 Å². The van der Waals surface area contributed by atoms with E-state index < -0.39 is 0 Å². The Balaban J connectivity index is 4.47. The first-order chi connectivity index (χ1) is 11.4. The Morgan fingerprint density at radius 2 is 1.83 bits per heavy atom. The Morgan fingerprint density at radius 1 is 1.12 bits per heavy atom. The van der Waals surface area contributed by atoms with Gasteiger partial charge < -0.3 is 10.6 Å². The zero-order valence-corrected chi connectivity index (χ0v) is 16.3.